The number of aliphatic hydroxyl groups is 1. The molecule has 0 bridgehead atoms. The molecule has 1 aliphatic heterocycles. The number of hydrogen-bond donors (Lipinski definition) is 1. The summed E-state index contributed by atoms with van der Waals surface area (Å²) in [4.78, 5) is 28.1. The summed E-state index contributed by atoms with van der Waals surface area (Å²) in [6.45, 7) is 0. The highest BCUT2D eigenvalue weighted by molar-refractivity contribution is 6.51. The van der Waals surface area contributed by atoms with E-state index in [0.717, 1.165) is 0 Å². The molecule has 4 rings (SSSR count). The Morgan fingerprint density at radius 1 is 0.838 bits per heavy atom. The summed E-state index contributed by atoms with van der Waals surface area (Å²) in [6, 6.07) is 17.0. The average molecular weight is 501 g/mol. The molecule has 0 aromatic heterocycles. The van der Waals surface area contributed by atoms with E-state index in [-0.39, 0.29) is 16.9 Å². The molecule has 1 N–H and O–H groups in total. The molecule has 37 heavy (non-hydrogen) atoms. The van der Waals surface area contributed by atoms with Crippen LogP contribution in [0.5, 0.6) is 23.0 Å². The van der Waals surface area contributed by atoms with Crippen molar-refractivity contribution < 1.29 is 33.6 Å². The molecular weight excluding hydrogens is 476 g/mol. The van der Waals surface area contributed by atoms with Crippen molar-refractivity contribution in [3.63, 3.8) is 0 Å². The third-order valence-electron chi connectivity index (χ3n) is 6.10. The van der Waals surface area contributed by atoms with E-state index in [1.807, 2.05) is 6.07 Å². The van der Waals surface area contributed by atoms with Gasteiger partial charge < -0.3 is 24.1 Å². The van der Waals surface area contributed by atoms with E-state index in [1.165, 1.54) is 39.4 Å². The summed E-state index contributed by atoms with van der Waals surface area (Å²) < 4.78 is 21.5. The number of ether oxygens (including phenoxy) is 4. The summed E-state index contributed by atoms with van der Waals surface area (Å²) in [6.07, 6.45) is 0. The number of rotatable bonds is 7. The number of Topliss-reactive ketones (excluding diaryl/α,β-unsaturated/α-hetero) is 1. The Hall–Kier alpha value is -4.97. The zero-order chi connectivity index (χ0) is 26.7. The van der Waals surface area contributed by atoms with Crippen molar-refractivity contribution in [1.82, 2.24) is 0 Å². The maximum atomic E-state index is 13.5. The first-order valence-corrected chi connectivity index (χ1v) is 11.1. The molecule has 0 radical (unpaired) electrons. The molecule has 9 nitrogen and oxygen atoms in total. The highest BCUT2D eigenvalue weighted by Crippen LogP contribution is 2.45. The van der Waals surface area contributed by atoms with Gasteiger partial charge in [0.1, 0.15) is 17.3 Å². The van der Waals surface area contributed by atoms with Crippen LogP contribution in [0.4, 0.5) is 5.69 Å². The molecule has 1 heterocycles. The van der Waals surface area contributed by atoms with Gasteiger partial charge in [0.25, 0.3) is 11.7 Å². The number of carbonyl (C=O) groups excluding carboxylic acids is 2. The minimum absolute atomic E-state index is 0.145. The van der Waals surface area contributed by atoms with Crippen LogP contribution in [-0.2, 0) is 9.59 Å². The van der Waals surface area contributed by atoms with Gasteiger partial charge in [-0.25, -0.2) is 0 Å². The SMILES string of the molecule is COc1ccc(OC)c(/C(O)=C2\C(=O)C(=O)N(c3ccc(C#N)cc3)C2c2ccc(OC)c(OC)c2)c1. The van der Waals surface area contributed by atoms with Gasteiger partial charge in [0.15, 0.2) is 11.5 Å². The van der Waals surface area contributed by atoms with Crippen LogP contribution in [0.2, 0.25) is 0 Å². The van der Waals surface area contributed by atoms with Gasteiger partial charge in [0.05, 0.1) is 57.3 Å². The van der Waals surface area contributed by atoms with E-state index in [1.54, 1.807) is 54.6 Å². The molecule has 1 saturated heterocycles. The number of amides is 1. The number of aliphatic hydroxyl groups excluding tert-OH is 1. The lowest BCUT2D eigenvalue weighted by Crippen LogP contribution is -2.29. The molecule has 0 saturated carbocycles. The highest BCUT2D eigenvalue weighted by atomic mass is 16.5. The molecule has 3 aromatic rings. The molecule has 188 valence electrons. The van der Waals surface area contributed by atoms with Crippen molar-refractivity contribution in [3.8, 4) is 29.1 Å². The molecule has 0 spiro atoms. The topological polar surface area (TPSA) is 118 Å². The Morgan fingerprint density at radius 2 is 1.49 bits per heavy atom. The molecule has 1 unspecified atom stereocenters. The quantitative estimate of drug-likeness (QED) is 0.291. The number of methoxy groups -OCH3 is 4. The van der Waals surface area contributed by atoms with Crippen molar-refractivity contribution in [2.45, 2.75) is 6.04 Å². The first-order chi connectivity index (χ1) is 17.9. The maximum absolute atomic E-state index is 13.5. The van der Waals surface area contributed by atoms with Gasteiger partial charge in [-0.2, -0.15) is 5.26 Å². The minimum Gasteiger partial charge on any atom is -0.507 e. The molecule has 0 aliphatic carbocycles. The lowest BCUT2D eigenvalue weighted by molar-refractivity contribution is -0.132. The second-order valence-electron chi connectivity index (χ2n) is 8.01. The summed E-state index contributed by atoms with van der Waals surface area (Å²) in [5, 5.41) is 20.7. The number of anilines is 1. The molecule has 1 aliphatic rings. The number of nitrogens with zero attached hydrogens (tertiary/aromatic N) is 2. The summed E-state index contributed by atoms with van der Waals surface area (Å²) in [7, 11) is 5.87. The molecule has 9 heteroatoms. The fourth-order valence-corrected chi connectivity index (χ4v) is 4.28. The second kappa shape index (κ2) is 10.3. The third-order valence-corrected chi connectivity index (χ3v) is 6.10. The fraction of sp³-hybridized carbons (Fsp3) is 0.179. The predicted octanol–water partition coefficient (Wildman–Crippen LogP) is 4.22. The standard InChI is InChI=1S/C28H24N2O7/c1-34-19-10-12-21(35-2)20(14-19)26(31)24-25(17-7-11-22(36-3)23(13-17)37-4)30(28(33)27(24)32)18-8-5-16(15-29)6-9-18/h5-14,25,31H,1-4H3/b26-24+. The van der Waals surface area contributed by atoms with E-state index >= 15 is 0 Å². The Bertz CT molecular complexity index is 1440. The van der Waals surface area contributed by atoms with Crippen LogP contribution in [0.1, 0.15) is 22.7 Å². The van der Waals surface area contributed by atoms with Gasteiger partial charge in [-0.15, -0.1) is 0 Å². The number of benzene rings is 3. The zero-order valence-electron chi connectivity index (χ0n) is 20.6. The van der Waals surface area contributed by atoms with Crippen molar-refractivity contribution >= 4 is 23.1 Å². The first kappa shape index (κ1) is 25.1. The Morgan fingerprint density at radius 3 is 2.08 bits per heavy atom. The van der Waals surface area contributed by atoms with E-state index in [4.69, 9.17) is 18.9 Å². The Balaban J connectivity index is 2.00. The maximum Gasteiger partial charge on any atom is 0.300 e. The monoisotopic (exact) mass is 500 g/mol. The summed E-state index contributed by atoms with van der Waals surface area (Å²) in [5.74, 6) is -0.606. The first-order valence-electron chi connectivity index (χ1n) is 11.1. The Kier molecular flexibility index (Phi) is 7.02. The lowest BCUT2D eigenvalue weighted by atomic mass is 9.94. The predicted molar refractivity (Wildman–Crippen MR) is 135 cm³/mol. The van der Waals surface area contributed by atoms with E-state index in [2.05, 4.69) is 0 Å². The van der Waals surface area contributed by atoms with Crippen LogP contribution in [0.25, 0.3) is 5.76 Å². The van der Waals surface area contributed by atoms with Crippen molar-refractivity contribution in [2.24, 2.45) is 0 Å². The molecule has 1 atom stereocenters. The fourth-order valence-electron chi connectivity index (χ4n) is 4.28. The third kappa shape index (κ3) is 4.41. The molecule has 1 fully saturated rings. The van der Waals surface area contributed by atoms with Crippen molar-refractivity contribution in [3.05, 3.63) is 82.9 Å². The van der Waals surface area contributed by atoms with E-state index < -0.39 is 23.5 Å². The van der Waals surface area contributed by atoms with Crippen LogP contribution in [0.15, 0.2) is 66.2 Å². The molecule has 3 aromatic carbocycles. The van der Waals surface area contributed by atoms with Gasteiger partial charge in [-0.1, -0.05) is 6.07 Å². The molecular formula is C28H24N2O7. The highest BCUT2D eigenvalue weighted by Gasteiger charge is 2.47. The number of carbonyl (C=O) groups is 2. The van der Waals surface area contributed by atoms with Crippen molar-refractivity contribution in [1.29, 1.82) is 5.26 Å². The van der Waals surface area contributed by atoms with Crippen LogP contribution in [0.3, 0.4) is 0 Å². The second-order valence-corrected chi connectivity index (χ2v) is 8.01. The largest absolute Gasteiger partial charge is 0.507 e. The van der Waals surface area contributed by atoms with Crippen LogP contribution < -0.4 is 23.8 Å². The van der Waals surface area contributed by atoms with Gasteiger partial charge in [0, 0.05) is 5.69 Å². The van der Waals surface area contributed by atoms with E-state index in [0.29, 0.717) is 34.1 Å². The van der Waals surface area contributed by atoms with Crippen LogP contribution in [0, 0.1) is 11.3 Å². The van der Waals surface area contributed by atoms with Gasteiger partial charge >= 0.3 is 0 Å². The lowest BCUT2D eigenvalue weighted by Gasteiger charge is -2.26. The van der Waals surface area contributed by atoms with Gasteiger partial charge in [-0.05, 0) is 60.2 Å². The van der Waals surface area contributed by atoms with Crippen molar-refractivity contribution in [2.75, 3.05) is 33.3 Å². The minimum atomic E-state index is -1.02. The normalized spacial score (nSPS) is 16.3. The average Bonchev–Trinajstić information content (AvgIpc) is 3.21. The Labute approximate surface area is 213 Å². The summed E-state index contributed by atoms with van der Waals surface area (Å²) >= 11 is 0. The molecule has 1 amide bonds. The number of ketones is 1. The number of hydrogen-bond acceptors (Lipinski definition) is 8. The van der Waals surface area contributed by atoms with Crippen LogP contribution in [-0.4, -0.2) is 45.2 Å². The van der Waals surface area contributed by atoms with Crippen LogP contribution >= 0.6 is 0 Å². The smallest absolute Gasteiger partial charge is 0.300 e. The zero-order valence-corrected chi connectivity index (χ0v) is 20.6. The van der Waals surface area contributed by atoms with Gasteiger partial charge in [-0.3, -0.25) is 14.5 Å². The van der Waals surface area contributed by atoms with E-state index in [9.17, 15) is 20.0 Å². The van der Waals surface area contributed by atoms with Gasteiger partial charge in [0.2, 0.25) is 0 Å². The summed E-state index contributed by atoms with van der Waals surface area (Å²) in [5.41, 5.74) is 1.30. The number of nitriles is 1.